The van der Waals surface area contributed by atoms with E-state index >= 15 is 0 Å². The molecule has 0 saturated heterocycles. The SMILES string of the molecule is Cc1ccc(C2=C(Nc3cccc(C)c3C)C(=O)N(c3cc(C)ccc3C)C2=O)c(C)c1. The number of amides is 2. The van der Waals surface area contributed by atoms with Crippen LogP contribution in [0.2, 0.25) is 0 Å². The molecule has 1 heterocycles. The van der Waals surface area contributed by atoms with Crippen molar-refractivity contribution in [1.29, 1.82) is 0 Å². The summed E-state index contributed by atoms with van der Waals surface area (Å²) in [6.07, 6.45) is 0. The highest BCUT2D eigenvalue weighted by Crippen LogP contribution is 2.37. The molecule has 3 aromatic rings. The van der Waals surface area contributed by atoms with Crippen molar-refractivity contribution in [1.82, 2.24) is 0 Å². The minimum absolute atomic E-state index is 0.302. The number of anilines is 2. The van der Waals surface area contributed by atoms with Gasteiger partial charge in [-0.1, -0.05) is 48.0 Å². The summed E-state index contributed by atoms with van der Waals surface area (Å²) in [5, 5.41) is 3.32. The van der Waals surface area contributed by atoms with Crippen molar-refractivity contribution in [2.24, 2.45) is 0 Å². The molecule has 162 valence electrons. The Morgan fingerprint density at radius 3 is 2.09 bits per heavy atom. The first kappa shape index (κ1) is 21.6. The van der Waals surface area contributed by atoms with Crippen molar-refractivity contribution in [3.63, 3.8) is 0 Å². The summed E-state index contributed by atoms with van der Waals surface area (Å²) in [6.45, 7) is 11.9. The quantitative estimate of drug-likeness (QED) is 0.528. The van der Waals surface area contributed by atoms with Gasteiger partial charge in [-0.2, -0.15) is 0 Å². The lowest BCUT2D eigenvalue weighted by Crippen LogP contribution is -2.33. The molecule has 0 spiro atoms. The summed E-state index contributed by atoms with van der Waals surface area (Å²) in [5.74, 6) is -0.636. The summed E-state index contributed by atoms with van der Waals surface area (Å²) >= 11 is 0. The molecule has 0 atom stereocenters. The molecule has 0 aliphatic carbocycles. The number of nitrogens with zero attached hydrogens (tertiary/aromatic N) is 1. The van der Waals surface area contributed by atoms with Gasteiger partial charge in [-0.3, -0.25) is 9.59 Å². The standard InChI is InChI=1S/C28H28N2O2/c1-16-11-13-22(20(5)14-16)25-26(29-23-9-7-8-18(3)21(23)6)28(32)30(27(25)31)24-15-17(2)10-12-19(24)4/h7-15,29H,1-6H3. The highest BCUT2D eigenvalue weighted by Gasteiger charge is 2.41. The predicted octanol–water partition coefficient (Wildman–Crippen LogP) is 5.93. The number of nitrogens with one attached hydrogen (secondary N) is 1. The Kier molecular flexibility index (Phi) is 5.47. The first-order valence-electron chi connectivity index (χ1n) is 10.8. The summed E-state index contributed by atoms with van der Waals surface area (Å²) < 4.78 is 0. The van der Waals surface area contributed by atoms with Gasteiger partial charge in [0.25, 0.3) is 11.8 Å². The van der Waals surface area contributed by atoms with Crippen molar-refractivity contribution >= 4 is 28.8 Å². The van der Waals surface area contributed by atoms with Crippen LogP contribution >= 0.6 is 0 Å². The third-order valence-corrected chi connectivity index (χ3v) is 6.20. The van der Waals surface area contributed by atoms with Crippen LogP contribution in [0, 0.1) is 41.5 Å². The molecule has 1 aliphatic heterocycles. The highest BCUT2D eigenvalue weighted by atomic mass is 16.2. The molecule has 1 N–H and O–H groups in total. The third-order valence-electron chi connectivity index (χ3n) is 6.20. The summed E-state index contributed by atoms with van der Waals surface area (Å²) in [6, 6.07) is 17.7. The van der Waals surface area contributed by atoms with E-state index in [1.54, 1.807) is 0 Å². The molecular formula is C28H28N2O2. The van der Waals surface area contributed by atoms with E-state index in [1.807, 2.05) is 96.1 Å². The smallest absolute Gasteiger partial charge is 0.282 e. The van der Waals surface area contributed by atoms with Crippen LogP contribution < -0.4 is 10.2 Å². The lowest BCUT2D eigenvalue weighted by Gasteiger charge is -2.19. The lowest BCUT2D eigenvalue weighted by atomic mass is 9.97. The van der Waals surface area contributed by atoms with E-state index in [0.29, 0.717) is 17.0 Å². The molecule has 1 aliphatic rings. The van der Waals surface area contributed by atoms with E-state index in [4.69, 9.17) is 0 Å². The fourth-order valence-corrected chi connectivity index (χ4v) is 4.19. The number of aryl methyl sites for hydroxylation is 5. The van der Waals surface area contributed by atoms with Gasteiger partial charge in [0.15, 0.2) is 0 Å². The average Bonchev–Trinajstić information content (AvgIpc) is 2.97. The van der Waals surface area contributed by atoms with Crippen molar-refractivity contribution in [2.75, 3.05) is 10.2 Å². The molecule has 0 saturated carbocycles. The van der Waals surface area contributed by atoms with Crippen LogP contribution in [0.3, 0.4) is 0 Å². The number of hydrogen-bond acceptors (Lipinski definition) is 3. The minimum Gasteiger partial charge on any atom is -0.350 e. The first-order chi connectivity index (χ1) is 15.2. The zero-order valence-electron chi connectivity index (χ0n) is 19.5. The van der Waals surface area contributed by atoms with Crippen LogP contribution in [0.1, 0.15) is 38.9 Å². The van der Waals surface area contributed by atoms with Gasteiger partial charge >= 0.3 is 0 Å². The number of carbonyl (C=O) groups excluding carboxylic acids is 2. The summed E-state index contributed by atoms with van der Waals surface area (Å²) in [4.78, 5) is 28.8. The fourth-order valence-electron chi connectivity index (χ4n) is 4.19. The van der Waals surface area contributed by atoms with Crippen LogP contribution in [-0.4, -0.2) is 11.8 Å². The Hall–Kier alpha value is -3.66. The molecule has 4 rings (SSSR count). The topological polar surface area (TPSA) is 49.4 Å². The van der Waals surface area contributed by atoms with Crippen LogP contribution in [0.15, 0.2) is 60.3 Å². The average molecular weight is 425 g/mol. The Balaban J connectivity index is 1.92. The molecule has 3 aromatic carbocycles. The number of hydrogen-bond donors (Lipinski definition) is 1. The predicted molar refractivity (Wildman–Crippen MR) is 131 cm³/mol. The zero-order chi connectivity index (χ0) is 23.2. The van der Waals surface area contributed by atoms with Crippen LogP contribution in [-0.2, 0) is 9.59 Å². The van der Waals surface area contributed by atoms with E-state index in [9.17, 15) is 9.59 Å². The van der Waals surface area contributed by atoms with Gasteiger partial charge in [-0.05, 0) is 87.1 Å². The Morgan fingerprint density at radius 1 is 0.688 bits per heavy atom. The maximum Gasteiger partial charge on any atom is 0.282 e. The van der Waals surface area contributed by atoms with E-state index in [0.717, 1.165) is 44.6 Å². The number of imide groups is 1. The number of rotatable bonds is 4. The second kappa shape index (κ2) is 8.12. The van der Waals surface area contributed by atoms with Gasteiger partial charge in [0, 0.05) is 5.69 Å². The minimum atomic E-state index is -0.334. The molecule has 0 unspecified atom stereocenters. The lowest BCUT2D eigenvalue weighted by molar-refractivity contribution is -0.120. The summed E-state index contributed by atoms with van der Waals surface area (Å²) in [7, 11) is 0. The molecule has 4 heteroatoms. The highest BCUT2D eigenvalue weighted by molar-refractivity contribution is 6.46. The Bertz CT molecular complexity index is 1300. The molecule has 0 bridgehead atoms. The van der Waals surface area contributed by atoms with Gasteiger partial charge in [-0.25, -0.2) is 4.90 Å². The maximum atomic E-state index is 13.8. The Morgan fingerprint density at radius 2 is 1.38 bits per heavy atom. The van der Waals surface area contributed by atoms with Crippen molar-refractivity contribution in [2.45, 2.75) is 41.5 Å². The van der Waals surface area contributed by atoms with Crippen molar-refractivity contribution in [3.05, 3.63) is 99.2 Å². The molecular weight excluding hydrogens is 396 g/mol. The van der Waals surface area contributed by atoms with Crippen LogP contribution in [0.4, 0.5) is 11.4 Å². The van der Waals surface area contributed by atoms with Crippen molar-refractivity contribution < 1.29 is 9.59 Å². The van der Waals surface area contributed by atoms with Gasteiger partial charge in [0.2, 0.25) is 0 Å². The molecule has 0 radical (unpaired) electrons. The molecule has 4 nitrogen and oxygen atoms in total. The second-order valence-corrected chi connectivity index (χ2v) is 8.68. The number of carbonyl (C=O) groups is 2. The van der Waals surface area contributed by atoms with Crippen molar-refractivity contribution in [3.8, 4) is 0 Å². The Labute approximate surface area is 189 Å². The van der Waals surface area contributed by atoms with Gasteiger partial charge in [0.05, 0.1) is 11.3 Å². The molecule has 2 amide bonds. The fraction of sp³-hybridized carbons (Fsp3) is 0.214. The number of benzene rings is 3. The molecule has 0 aromatic heterocycles. The normalized spacial score (nSPS) is 13.9. The monoisotopic (exact) mass is 424 g/mol. The molecule has 32 heavy (non-hydrogen) atoms. The first-order valence-corrected chi connectivity index (χ1v) is 10.8. The van der Waals surface area contributed by atoms with Gasteiger partial charge < -0.3 is 5.32 Å². The van der Waals surface area contributed by atoms with Gasteiger partial charge in [0.1, 0.15) is 5.70 Å². The van der Waals surface area contributed by atoms with E-state index in [2.05, 4.69) is 5.32 Å². The summed E-state index contributed by atoms with van der Waals surface area (Å²) in [5.41, 5.74) is 9.06. The van der Waals surface area contributed by atoms with Gasteiger partial charge in [-0.15, -0.1) is 0 Å². The maximum absolute atomic E-state index is 13.8. The van der Waals surface area contributed by atoms with E-state index in [-0.39, 0.29) is 11.8 Å². The third kappa shape index (κ3) is 3.62. The largest absolute Gasteiger partial charge is 0.350 e. The second-order valence-electron chi connectivity index (χ2n) is 8.68. The van der Waals surface area contributed by atoms with E-state index < -0.39 is 0 Å². The zero-order valence-corrected chi connectivity index (χ0v) is 19.5. The van der Waals surface area contributed by atoms with E-state index in [1.165, 1.54) is 4.90 Å². The van der Waals surface area contributed by atoms with Crippen LogP contribution in [0.5, 0.6) is 0 Å². The van der Waals surface area contributed by atoms with Crippen LogP contribution in [0.25, 0.3) is 5.57 Å². The molecule has 0 fully saturated rings.